The van der Waals surface area contributed by atoms with Crippen LogP contribution in [0.25, 0.3) is 0 Å². The molecule has 3 rings (SSSR count). The molecule has 2 saturated heterocycles. The van der Waals surface area contributed by atoms with Crippen molar-refractivity contribution in [3.63, 3.8) is 0 Å². The number of likely N-dealkylation sites (tertiary alicyclic amines) is 2. The largest absolute Gasteiger partial charge is 0.352 e. The van der Waals surface area contributed by atoms with Crippen LogP contribution in [-0.2, 0) is 11.3 Å². The summed E-state index contributed by atoms with van der Waals surface area (Å²) in [6.07, 6.45) is 3.81. The molecule has 0 radical (unpaired) electrons. The molecular weight excluding hydrogens is 356 g/mol. The molecule has 1 unspecified atom stereocenters. The Labute approximate surface area is 166 Å². The van der Waals surface area contributed by atoms with Crippen molar-refractivity contribution in [2.75, 3.05) is 32.7 Å². The number of piperidine rings is 1. The maximum absolute atomic E-state index is 12.6. The van der Waals surface area contributed by atoms with Crippen LogP contribution in [0.1, 0.15) is 48.5 Å². The number of urea groups is 1. The summed E-state index contributed by atoms with van der Waals surface area (Å²) in [5.41, 5.74) is 1.56. The van der Waals surface area contributed by atoms with E-state index < -0.39 is 0 Å². The van der Waals surface area contributed by atoms with E-state index in [2.05, 4.69) is 10.6 Å². The maximum Gasteiger partial charge on any atom is 0.320 e. The van der Waals surface area contributed by atoms with Gasteiger partial charge in [-0.05, 0) is 50.3 Å². The van der Waals surface area contributed by atoms with Gasteiger partial charge in [-0.2, -0.15) is 0 Å². The van der Waals surface area contributed by atoms with Crippen LogP contribution in [0.4, 0.5) is 4.79 Å². The zero-order valence-corrected chi connectivity index (χ0v) is 16.6. The van der Waals surface area contributed by atoms with Gasteiger partial charge in [0.05, 0.1) is 5.92 Å². The monoisotopic (exact) mass is 386 g/mol. The van der Waals surface area contributed by atoms with E-state index in [0.29, 0.717) is 25.2 Å². The van der Waals surface area contributed by atoms with Crippen molar-refractivity contribution in [3.8, 4) is 0 Å². The number of benzene rings is 1. The average Bonchev–Trinajstić information content (AvgIpc) is 3.27. The van der Waals surface area contributed by atoms with Gasteiger partial charge in [-0.25, -0.2) is 4.79 Å². The molecule has 2 aliphatic rings. The highest BCUT2D eigenvalue weighted by Gasteiger charge is 2.31. The zero-order valence-electron chi connectivity index (χ0n) is 16.6. The molecule has 4 amide bonds. The van der Waals surface area contributed by atoms with Crippen molar-refractivity contribution in [3.05, 3.63) is 35.4 Å². The molecule has 0 spiro atoms. The van der Waals surface area contributed by atoms with Crippen LogP contribution in [-0.4, -0.2) is 60.4 Å². The molecule has 0 saturated carbocycles. The van der Waals surface area contributed by atoms with Crippen LogP contribution in [0, 0.1) is 5.92 Å². The molecular formula is C21H30N4O3. The predicted molar refractivity (Wildman–Crippen MR) is 107 cm³/mol. The fraction of sp³-hybridized carbons (Fsp3) is 0.571. The van der Waals surface area contributed by atoms with Gasteiger partial charge < -0.3 is 20.4 Å². The summed E-state index contributed by atoms with van der Waals surface area (Å²) >= 11 is 0. The van der Waals surface area contributed by atoms with Crippen molar-refractivity contribution in [2.24, 2.45) is 5.92 Å². The van der Waals surface area contributed by atoms with E-state index in [4.69, 9.17) is 0 Å². The SMILES string of the molecule is CCNC(=O)c1ccc(CNC(=O)C2CCCN(C(=O)N3CCCC3)C2)cc1. The summed E-state index contributed by atoms with van der Waals surface area (Å²) in [5.74, 6) is -0.260. The van der Waals surface area contributed by atoms with Crippen LogP contribution < -0.4 is 10.6 Å². The molecule has 7 nitrogen and oxygen atoms in total. The predicted octanol–water partition coefficient (Wildman–Crippen LogP) is 1.98. The first-order valence-corrected chi connectivity index (χ1v) is 10.3. The minimum absolute atomic E-state index is 0.00766. The molecule has 1 aromatic rings. The molecule has 2 N–H and O–H groups in total. The number of hydrogen-bond acceptors (Lipinski definition) is 3. The summed E-state index contributed by atoms with van der Waals surface area (Å²) in [5, 5.41) is 5.74. The van der Waals surface area contributed by atoms with Gasteiger partial charge in [-0.1, -0.05) is 12.1 Å². The lowest BCUT2D eigenvalue weighted by Crippen LogP contribution is -2.49. The average molecular weight is 386 g/mol. The Morgan fingerprint density at radius 1 is 0.964 bits per heavy atom. The Balaban J connectivity index is 1.48. The van der Waals surface area contributed by atoms with Gasteiger partial charge in [-0.15, -0.1) is 0 Å². The van der Waals surface area contributed by atoms with Gasteiger partial charge in [0.15, 0.2) is 0 Å². The number of carbonyl (C=O) groups is 3. The van der Waals surface area contributed by atoms with Gasteiger partial charge in [0.2, 0.25) is 5.91 Å². The van der Waals surface area contributed by atoms with E-state index in [9.17, 15) is 14.4 Å². The highest BCUT2D eigenvalue weighted by atomic mass is 16.2. The van der Waals surface area contributed by atoms with E-state index in [1.165, 1.54) is 0 Å². The molecule has 0 aliphatic carbocycles. The van der Waals surface area contributed by atoms with Gasteiger partial charge >= 0.3 is 6.03 Å². The number of carbonyl (C=O) groups excluding carboxylic acids is 3. The third-order valence-corrected chi connectivity index (χ3v) is 5.46. The normalized spacial score (nSPS) is 19.4. The van der Waals surface area contributed by atoms with Crippen LogP contribution in [0.5, 0.6) is 0 Å². The van der Waals surface area contributed by atoms with Gasteiger partial charge in [0, 0.05) is 44.8 Å². The number of rotatable bonds is 5. The zero-order chi connectivity index (χ0) is 19.9. The fourth-order valence-corrected chi connectivity index (χ4v) is 3.84. The van der Waals surface area contributed by atoms with Crippen LogP contribution in [0.2, 0.25) is 0 Å². The Hall–Kier alpha value is -2.57. The maximum atomic E-state index is 12.6. The van der Waals surface area contributed by atoms with Crippen LogP contribution in [0.3, 0.4) is 0 Å². The smallest absolute Gasteiger partial charge is 0.320 e. The minimum atomic E-state index is -0.157. The third kappa shape index (κ3) is 5.03. The van der Waals surface area contributed by atoms with E-state index in [1.54, 1.807) is 12.1 Å². The molecule has 2 fully saturated rings. The third-order valence-electron chi connectivity index (χ3n) is 5.46. The summed E-state index contributed by atoms with van der Waals surface area (Å²) in [4.78, 5) is 40.7. The second-order valence-corrected chi connectivity index (χ2v) is 7.54. The minimum Gasteiger partial charge on any atom is -0.352 e. The first-order valence-electron chi connectivity index (χ1n) is 10.3. The lowest BCUT2D eigenvalue weighted by molar-refractivity contribution is -0.126. The Kier molecular flexibility index (Phi) is 6.90. The van der Waals surface area contributed by atoms with E-state index >= 15 is 0 Å². The molecule has 2 heterocycles. The molecule has 28 heavy (non-hydrogen) atoms. The molecule has 0 aromatic heterocycles. The summed E-state index contributed by atoms with van der Waals surface area (Å²) in [7, 11) is 0. The summed E-state index contributed by atoms with van der Waals surface area (Å²) in [6.45, 7) is 5.79. The second-order valence-electron chi connectivity index (χ2n) is 7.54. The van der Waals surface area contributed by atoms with Gasteiger partial charge in [-0.3, -0.25) is 9.59 Å². The quantitative estimate of drug-likeness (QED) is 0.812. The van der Waals surface area contributed by atoms with Crippen molar-refractivity contribution < 1.29 is 14.4 Å². The van der Waals surface area contributed by atoms with Gasteiger partial charge in [0.1, 0.15) is 0 Å². The first kappa shape index (κ1) is 20.2. The van der Waals surface area contributed by atoms with Crippen LogP contribution >= 0.6 is 0 Å². The summed E-state index contributed by atoms with van der Waals surface area (Å²) < 4.78 is 0. The molecule has 0 bridgehead atoms. The van der Waals surface area contributed by atoms with Crippen molar-refractivity contribution in [1.82, 2.24) is 20.4 Å². The summed E-state index contributed by atoms with van der Waals surface area (Å²) in [6, 6.07) is 7.33. The second kappa shape index (κ2) is 9.57. The number of nitrogens with one attached hydrogen (secondary N) is 2. The van der Waals surface area contributed by atoms with Crippen molar-refractivity contribution in [1.29, 1.82) is 0 Å². The highest BCUT2D eigenvalue weighted by Crippen LogP contribution is 2.20. The Morgan fingerprint density at radius 2 is 1.64 bits per heavy atom. The topological polar surface area (TPSA) is 81.8 Å². The van der Waals surface area contributed by atoms with E-state index in [0.717, 1.165) is 50.9 Å². The Morgan fingerprint density at radius 3 is 2.32 bits per heavy atom. The van der Waals surface area contributed by atoms with E-state index in [1.807, 2.05) is 28.9 Å². The molecule has 1 aromatic carbocycles. The molecule has 1 atom stereocenters. The Bertz CT molecular complexity index is 698. The van der Waals surface area contributed by atoms with Crippen molar-refractivity contribution >= 4 is 17.8 Å². The first-order chi connectivity index (χ1) is 13.6. The highest BCUT2D eigenvalue weighted by molar-refractivity contribution is 5.94. The number of nitrogens with zero attached hydrogens (tertiary/aromatic N) is 2. The van der Waals surface area contributed by atoms with Crippen molar-refractivity contribution in [2.45, 2.75) is 39.2 Å². The lowest BCUT2D eigenvalue weighted by atomic mass is 9.97. The molecule has 152 valence electrons. The fourth-order valence-electron chi connectivity index (χ4n) is 3.84. The van der Waals surface area contributed by atoms with Gasteiger partial charge in [0.25, 0.3) is 5.91 Å². The standard InChI is InChI=1S/C21H30N4O3/c1-2-22-19(26)17-9-7-16(8-10-17)14-23-20(27)18-6-5-13-25(15-18)21(28)24-11-3-4-12-24/h7-10,18H,2-6,11-15H2,1H3,(H,22,26)(H,23,27). The van der Waals surface area contributed by atoms with E-state index in [-0.39, 0.29) is 23.8 Å². The van der Waals surface area contributed by atoms with Crippen LogP contribution in [0.15, 0.2) is 24.3 Å². The molecule has 7 heteroatoms. The molecule has 2 aliphatic heterocycles. The lowest BCUT2D eigenvalue weighted by Gasteiger charge is -2.34. The number of hydrogen-bond donors (Lipinski definition) is 2. The number of amides is 4.